The van der Waals surface area contributed by atoms with E-state index < -0.39 is 52.9 Å². The molecule has 4 rings (SSSR count). The fourth-order valence-electron chi connectivity index (χ4n) is 2.94. The molecule has 0 unspecified atom stereocenters. The van der Waals surface area contributed by atoms with Crippen molar-refractivity contribution in [2.75, 3.05) is 0 Å². The van der Waals surface area contributed by atoms with Gasteiger partial charge in [-0.25, -0.2) is 26.3 Å². The number of halogens is 6. The van der Waals surface area contributed by atoms with Crippen molar-refractivity contribution in [3.8, 4) is 11.5 Å². The third-order valence-corrected chi connectivity index (χ3v) is 4.47. The Morgan fingerprint density at radius 2 is 1.52 bits per heavy atom. The second-order valence-electron chi connectivity index (χ2n) is 6.49. The van der Waals surface area contributed by atoms with Crippen molar-refractivity contribution >= 4 is 11.9 Å². The van der Waals surface area contributed by atoms with Crippen LogP contribution in [-0.2, 0) is 6.61 Å². The van der Waals surface area contributed by atoms with E-state index in [4.69, 9.17) is 9.47 Å². The molecular formula is C22H10F6O3. The van der Waals surface area contributed by atoms with Crippen LogP contribution in [0.25, 0.3) is 6.08 Å². The Kier molecular flexibility index (Phi) is 5.18. The van der Waals surface area contributed by atoms with Crippen molar-refractivity contribution in [3.63, 3.8) is 0 Å². The Bertz CT molecular complexity index is 1220. The summed E-state index contributed by atoms with van der Waals surface area (Å²) in [6, 6.07) is 9.28. The summed E-state index contributed by atoms with van der Waals surface area (Å²) in [6.07, 6.45) is 1.33. The molecule has 158 valence electrons. The van der Waals surface area contributed by atoms with Gasteiger partial charge in [0.25, 0.3) is 0 Å². The molecule has 0 fully saturated rings. The summed E-state index contributed by atoms with van der Waals surface area (Å²) in [5.41, 5.74) is -0.592. The normalized spacial score (nSPS) is 14.0. The maximum atomic E-state index is 13.8. The Labute approximate surface area is 171 Å². The molecule has 0 amide bonds. The van der Waals surface area contributed by atoms with E-state index in [1.54, 1.807) is 6.07 Å². The lowest BCUT2D eigenvalue weighted by Crippen LogP contribution is -2.09. The van der Waals surface area contributed by atoms with Crippen LogP contribution >= 0.6 is 0 Å². The number of fused-ring (bicyclic) bond motifs is 1. The van der Waals surface area contributed by atoms with Crippen molar-refractivity contribution in [1.82, 2.24) is 0 Å². The van der Waals surface area contributed by atoms with E-state index in [-0.39, 0.29) is 22.8 Å². The Morgan fingerprint density at radius 3 is 2.19 bits per heavy atom. The van der Waals surface area contributed by atoms with E-state index in [2.05, 4.69) is 0 Å². The molecule has 1 aliphatic heterocycles. The molecular weight excluding hydrogens is 426 g/mol. The van der Waals surface area contributed by atoms with Crippen LogP contribution < -0.4 is 9.47 Å². The van der Waals surface area contributed by atoms with Gasteiger partial charge in [-0.05, 0) is 35.9 Å². The van der Waals surface area contributed by atoms with E-state index >= 15 is 0 Å². The molecule has 31 heavy (non-hydrogen) atoms. The number of rotatable bonds is 4. The van der Waals surface area contributed by atoms with Crippen LogP contribution in [0.2, 0.25) is 0 Å². The monoisotopic (exact) mass is 436 g/mol. The minimum Gasteiger partial charge on any atom is -0.489 e. The Morgan fingerprint density at radius 1 is 0.839 bits per heavy atom. The highest BCUT2D eigenvalue weighted by atomic mass is 19.2. The van der Waals surface area contributed by atoms with E-state index in [0.717, 1.165) is 0 Å². The number of ketones is 1. The lowest BCUT2D eigenvalue weighted by atomic mass is 10.1. The van der Waals surface area contributed by atoms with Crippen molar-refractivity contribution in [2.24, 2.45) is 0 Å². The number of Topliss-reactive ketones (excluding diaryl/α,β-unsaturated/α-hetero) is 1. The maximum Gasteiger partial charge on any atom is 0.231 e. The first kappa shape index (κ1) is 20.5. The van der Waals surface area contributed by atoms with Gasteiger partial charge in [0.05, 0.1) is 11.1 Å². The van der Waals surface area contributed by atoms with Gasteiger partial charge in [-0.3, -0.25) is 4.79 Å². The number of allylic oxidation sites excluding steroid dienone is 1. The minimum absolute atomic E-state index is 0.0394. The zero-order valence-corrected chi connectivity index (χ0v) is 15.3. The standard InChI is InChI=1S/C22H10F6O3/c23-11-3-1-2-10(6-11)7-16-22(29)13-5-4-12(8-15(13)31-16)30-9-14-17(24)19(26)21(28)20(27)18(14)25/h1-8H,9H2/b16-7-. The van der Waals surface area contributed by atoms with E-state index in [1.807, 2.05) is 0 Å². The summed E-state index contributed by atoms with van der Waals surface area (Å²) in [7, 11) is 0. The van der Waals surface area contributed by atoms with Crippen LogP contribution in [0.15, 0.2) is 48.2 Å². The van der Waals surface area contributed by atoms with Gasteiger partial charge in [-0.2, -0.15) is 0 Å². The van der Waals surface area contributed by atoms with Gasteiger partial charge in [-0.15, -0.1) is 0 Å². The first-order chi connectivity index (χ1) is 14.8. The average molecular weight is 436 g/mol. The molecule has 0 spiro atoms. The summed E-state index contributed by atoms with van der Waals surface area (Å²) in [5, 5.41) is 0. The molecule has 1 aliphatic rings. The Hall–Kier alpha value is -3.75. The second-order valence-corrected chi connectivity index (χ2v) is 6.49. The van der Waals surface area contributed by atoms with Crippen LogP contribution in [0, 0.1) is 34.9 Å². The predicted octanol–water partition coefficient (Wildman–Crippen LogP) is 5.72. The zero-order chi connectivity index (χ0) is 22.3. The molecule has 3 aromatic carbocycles. The van der Waals surface area contributed by atoms with Gasteiger partial charge in [0, 0.05) is 6.07 Å². The molecule has 1 heterocycles. The first-order valence-electron chi connectivity index (χ1n) is 8.73. The molecule has 0 N–H and O–H groups in total. The lowest BCUT2D eigenvalue weighted by Gasteiger charge is -2.10. The molecule has 0 saturated heterocycles. The number of benzene rings is 3. The summed E-state index contributed by atoms with van der Waals surface area (Å²) in [4.78, 5) is 12.4. The van der Waals surface area contributed by atoms with Crippen molar-refractivity contribution < 1.29 is 40.6 Å². The van der Waals surface area contributed by atoms with Gasteiger partial charge >= 0.3 is 0 Å². The number of ether oxygens (including phenoxy) is 2. The van der Waals surface area contributed by atoms with Gasteiger partial charge in [0.15, 0.2) is 29.0 Å². The minimum atomic E-state index is -2.26. The molecule has 0 bridgehead atoms. The maximum absolute atomic E-state index is 13.8. The molecule has 0 saturated carbocycles. The van der Waals surface area contributed by atoms with Crippen molar-refractivity contribution in [3.05, 3.63) is 99.8 Å². The molecule has 0 aliphatic carbocycles. The molecule has 3 nitrogen and oxygen atoms in total. The van der Waals surface area contributed by atoms with E-state index in [9.17, 15) is 31.1 Å². The summed E-state index contributed by atoms with van der Waals surface area (Å²) in [6.45, 7) is -0.954. The highest BCUT2D eigenvalue weighted by Gasteiger charge is 2.29. The van der Waals surface area contributed by atoms with Crippen LogP contribution in [0.1, 0.15) is 21.5 Å². The van der Waals surface area contributed by atoms with Gasteiger partial charge < -0.3 is 9.47 Å². The van der Waals surface area contributed by atoms with Crippen LogP contribution in [0.5, 0.6) is 11.5 Å². The van der Waals surface area contributed by atoms with Crippen molar-refractivity contribution in [2.45, 2.75) is 6.61 Å². The highest BCUT2D eigenvalue weighted by Crippen LogP contribution is 2.35. The smallest absolute Gasteiger partial charge is 0.231 e. The van der Waals surface area contributed by atoms with E-state index in [1.165, 1.54) is 42.5 Å². The van der Waals surface area contributed by atoms with Gasteiger partial charge in [-0.1, -0.05) is 12.1 Å². The topological polar surface area (TPSA) is 35.5 Å². The predicted molar refractivity (Wildman–Crippen MR) is 96.3 cm³/mol. The number of hydrogen-bond donors (Lipinski definition) is 0. The number of carbonyl (C=O) groups is 1. The highest BCUT2D eigenvalue weighted by molar-refractivity contribution is 6.14. The largest absolute Gasteiger partial charge is 0.489 e. The average Bonchev–Trinajstić information content (AvgIpc) is 3.05. The number of hydrogen-bond acceptors (Lipinski definition) is 3. The van der Waals surface area contributed by atoms with E-state index in [0.29, 0.717) is 5.56 Å². The van der Waals surface area contributed by atoms with Crippen LogP contribution in [0.4, 0.5) is 26.3 Å². The zero-order valence-electron chi connectivity index (χ0n) is 15.3. The fourth-order valence-corrected chi connectivity index (χ4v) is 2.94. The quantitative estimate of drug-likeness (QED) is 0.227. The molecule has 0 aromatic heterocycles. The lowest BCUT2D eigenvalue weighted by molar-refractivity contribution is 0.101. The van der Waals surface area contributed by atoms with Crippen LogP contribution in [0.3, 0.4) is 0 Å². The second kappa shape index (κ2) is 7.82. The number of carbonyl (C=O) groups excluding carboxylic acids is 1. The summed E-state index contributed by atoms with van der Waals surface area (Å²) in [5.74, 6) is -11.5. The fraction of sp³-hybridized carbons (Fsp3) is 0.0455. The molecule has 0 atom stereocenters. The third-order valence-electron chi connectivity index (χ3n) is 4.47. The SMILES string of the molecule is O=C1/C(=C/c2cccc(F)c2)Oc2cc(OCc3c(F)c(F)c(F)c(F)c3F)ccc21. The summed E-state index contributed by atoms with van der Waals surface area (Å²) < 4.78 is 91.1. The van der Waals surface area contributed by atoms with Gasteiger partial charge in [0.2, 0.25) is 11.6 Å². The van der Waals surface area contributed by atoms with Crippen molar-refractivity contribution in [1.29, 1.82) is 0 Å². The van der Waals surface area contributed by atoms with Crippen LogP contribution in [-0.4, -0.2) is 5.78 Å². The van der Waals surface area contributed by atoms with Gasteiger partial charge in [0.1, 0.15) is 23.9 Å². The summed E-state index contributed by atoms with van der Waals surface area (Å²) >= 11 is 0. The Balaban J connectivity index is 1.56. The first-order valence-corrected chi connectivity index (χ1v) is 8.73. The molecule has 3 aromatic rings. The molecule has 0 radical (unpaired) electrons. The molecule has 9 heteroatoms. The third kappa shape index (κ3) is 3.74.